The van der Waals surface area contributed by atoms with Crippen LogP contribution in [-0.4, -0.2) is 36.2 Å². The maximum atomic E-state index is 10.9. The fourth-order valence-corrected chi connectivity index (χ4v) is 1.29. The first-order valence-electron chi connectivity index (χ1n) is 4.89. The lowest BCUT2D eigenvalue weighted by Gasteiger charge is -1.88. The molecule has 5 heteroatoms. The number of hydrogen-bond acceptors (Lipinski definition) is 4. The van der Waals surface area contributed by atoms with Crippen LogP contribution in [0.15, 0.2) is 24.3 Å². The molecule has 84 valence electrons. The van der Waals surface area contributed by atoms with Crippen LogP contribution in [0.2, 0.25) is 0 Å². The van der Waals surface area contributed by atoms with Crippen LogP contribution < -0.4 is 5.32 Å². The Hall–Kier alpha value is -1.72. The van der Waals surface area contributed by atoms with Gasteiger partial charge in [-0.1, -0.05) is 12.1 Å². The standard InChI is InChI=1S/C8H5NO2.C3H6O2/c10-7-5-3-1-2-4-6(5)8(11)9-7;4-1-3-2-5-3/h1-4H,(H,9,10,11);3-4H,1-2H2. The number of nitrogens with one attached hydrogen (secondary N) is 1. The van der Waals surface area contributed by atoms with Crippen LogP contribution in [-0.2, 0) is 4.74 Å². The van der Waals surface area contributed by atoms with E-state index in [1.807, 2.05) is 0 Å². The van der Waals surface area contributed by atoms with Crippen molar-refractivity contribution in [2.24, 2.45) is 0 Å². The van der Waals surface area contributed by atoms with Crippen molar-refractivity contribution in [3.63, 3.8) is 0 Å². The highest BCUT2D eigenvalue weighted by Crippen LogP contribution is 2.13. The third-order valence-corrected chi connectivity index (χ3v) is 2.25. The first kappa shape index (κ1) is 10.8. The maximum Gasteiger partial charge on any atom is 0.258 e. The topological polar surface area (TPSA) is 78.9 Å². The number of benzene rings is 1. The molecule has 1 saturated heterocycles. The second-order valence-corrected chi connectivity index (χ2v) is 3.47. The van der Waals surface area contributed by atoms with Crippen LogP contribution in [0.3, 0.4) is 0 Å². The van der Waals surface area contributed by atoms with Gasteiger partial charge in [0.05, 0.1) is 24.3 Å². The predicted octanol–water partition coefficient (Wildman–Crippen LogP) is -0.0523. The molecule has 0 aromatic heterocycles. The highest BCUT2D eigenvalue weighted by molar-refractivity contribution is 6.21. The van der Waals surface area contributed by atoms with Crippen LogP contribution in [0.1, 0.15) is 20.7 Å². The molecule has 2 aliphatic rings. The molecule has 0 aliphatic carbocycles. The molecule has 2 N–H and O–H groups in total. The number of fused-ring (bicyclic) bond motifs is 1. The summed E-state index contributed by atoms with van der Waals surface area (Å²) in [6.07, 6.45) is 0.190. The first-order valence-corrected chi connectivity index (χ1v) is 4.89. The summed E-state index contributed by atoms with van der Waals surface area (Å²) in [5, 5.41) is 10.3. The van der Waals surface area contributed by atoms with Crippen LogP contribution in [0.5, 0.6) is 0 Å². The highest BCUT2D eigenvalue weighted by atomic mass is 16.6. The average Bonchev–Trinajstić information content (AvgIpc) is 3.09. The Morgan fingerprint density at radius 3 is 2.06 bits per heavy atom. The number of aliphatic hydroxyl groups is 1. The van der Waals surface area contributed by atoms with E-state index in [-0.39, 0.29) is 24.5 Å². The predicted molar refractivity (Wildman–Crippen MR) is 55.1 cm³/mol. The average molecular weight is 221 g/mol. The fraction of sp³-hybridized carbons (Fsp3) is 0.273. The summed E-state index contributed by atoms with van der Waals surface area (Å²) in [5.74, 6) is -0.601. The lowest BCUT2D eigenvalue weighted by Crippen LogP contribution is -2.19. The minimum atomic E-state index is -0.300. The van der Waals surface area contributed by atoms with Gasteiger partial charge in [-0.25, -0.2) is 0 Å². The molecule has 1 fully saturated rings. The number of ether oxygens (including phenoxy) is 1. The summed E-state index contributed by atoms with van der Waals surface area (Å²) in [6, 6.07) is 6.74. The molecular weight excluding hydrogens is 210 g/mol. The van der Waals surface area contributed by atoms with Crippen molar-refractivity contribution in [3.8, 4) is 0 Å². The van der Waals surface area contributed by atoms with E-state index < -0.39 is 0 Å². The Labute approximate surface area is 92.0 Å². The van der Waals surface area contributed by atoms with Crippen molar-refractivity contribution in [1.82, 2.24) is 5.32 Å². The third kappa shape index (κ3) is 2.26. The zero-order valence-electron chi connectivity index (χ0n) is 8.47. The molecule has 1 atom stereocenters. The van der Waals surface area contributed by atoms with Gasteiger partial charge >= 0.3 is 0 Å². The quantitative estimate of drug-likeness (QED) is 0.514. The van der Waals surface area contributed by atoms with Crippen molar-refractivity contribution < 1.29 is 19.4 Å². The number of imide groups is 1. The molecule has 3 rings (SSSR count). The molecular formula is C11H11NO4. The largest absolute Gasteiger partial charge is 0.394 e. The molecule has 1 unspecified atom stereocenters. The Kier molecular flexibility index (Phi) is 2.98. The van der Waals surface area contributed by atoms with Gasteiger partial charge in [0.15, 0.2) is 0 Å². The van der Waals surface area contributed by atoms with Crippen LogP contribution >= 0.6 is 0 Å². The van der Waals surface area contributed by atoms with Crippen LogP contribution in [0, 0.1) is 0 Å². The Balaban J connectivity index is 0.000000162. The molecule has 0 spiro atoms. The van der Waals surface area contributed by atoms with E-state index >= 15 is 0 Å². The number of carbonyl (C=O) groups is 2. The van der Waals surface area contributed by atoms with E-state index in [1.165, 1.54) is 0 Å². The van der Waals surface area contributed by atoms with Crippen LogP contribution in [0.4, 0.5) is 0 Å². The summed E-state index contributed by atoms with van der Waals surface area (Å²) in [5.41, 5.74) is 0.940. The van der Waals surface area contributed by atoms with Crippen molar-refractivity contribution in [3.05, 3.63) is 35.4 Å². The van der Waals surface area contributed by atoms with Gasteiger partial charge in [0.2, 0.25) is 0 Å². The molecule has 2 amide bonds. The van der Waals surface area contributed by atoms with E-state index in [9.17, 15) is 9.59 Å². The lowest BCUT2D eigenvalue weighted by atomic mass is 10.1. The smallest absolute Gasteiger partial charge is 0.258 e. The van der Waals surface area contributed by atoms with Crippen molar-refractivity contribution >= 4 is 11.8 Å². The molecule has 1 aromatic rings. The van der Waals surface area contributed by atoms with Gasteiger partial charge in [-0.05, 0) is 12.1 Å². The molecule has 0 saturated carbocycles. The van der Waals surface area contributed by atoms with E-state index in [0.29, 0.717) is 11.1 Å². The Morgan fingerprint density at radius 2 is 1.75 bits per heavy atom. The molecule has 0 bridgehead atoms. The number of carbonyl (C=O) groups excluding carboxylic acids is 2. The molecule has 5 nitrogen and oxygen atoms in total. The Morgan fingerprint density at radius 1 is 1.25 bits per heavy atom. The van der Waals surface area contributed by atoms with Gasteiger partial charge in [-0.15, -0.1) is 0 Å². The number of hydrogen-bond donors (Lipinski definition) is 2. The van der Waals surface area contributed by atoms with Gasteiger partial charge in [-0.3, -0.25) is 14.9 Å². The van der Waals surface area contributed by atoms with Gasteiger partial charge in [-0.2, -0.15) is 0 Å². The molecule has 2 heterocycles. The van der Waals surface area contributed by atoms with E-state index in [4.69, 9.17) is 5.11 Å². The third-order valence-electron chi connectivity index (χ3n) is 2.25. The zero-order valence-corrected chi connectivity index (χ0v) is 8.47. The van der Waals surface area contributed by atoms with Crippen molar-refractivity contribution in [2.45, 2.75) is 6.10 Å². The summed E-state index contributed by atoms with van der Waals surface area (Å²) in [6.45, 7) is 0.955. The fourth-order valence-electron chi connectivity index (χ4n) is 1.29. The molecule has 1 aromatic carbocycles. The van der Waals surface area contributed by atoms with Gasteiger partial charge in [0.25, 0.3) is 11.8 Å². The summed E-state index contributed by atoms with van der Waals surface area (Å²) < 4.78 is 4.61. The van der Waals surface area contributed by atoms with E-state index in [1.54, 1.807) is 24.3 Å². The molecule has 16 heavy (non-hydrogen) atoms. The Bertz CT molecular complexity index is 393. The van der Waals surface area contributed by atoms with Gasteiger partial charge in [0, 0.05) is 0 Å². The van der Waals surface area contributed by atoms with Crippen LogP contribution in [0.25, 0.3) is 0 Å². The minimum Gasteiger partial charge on any atom is -0.394 e. The number of rotatable bonds is 1. The first-order chi connectivity index (χ1) is 7.72. The second-order valence-electron chi connectivity index (χ2n) is 3.47. The SMILES string of the molecule is O=C1NC(=O)c2ccccc21.OCC1CO1. The zero-order chi connectivity index (χ0) is 11.5. The minimum absolute atomic E-state index is 0.190. The second kappa shape index (κ2) is 4.42. The monoisotopic (exact) mass is 221 g/mol. The van der Waals surface area contributed by atoms with Crippen molar-refractivity contribution in [1.29, 1.82) is 0 Å². The van der Waals surface area contributed by atoms with Crippen molar-refractivity contribution in [2.75, 3.05) is 13.2 Å². The summed E-state index contributed by atoms with van der Waals surface area (Å²) >= 11 is 0. The van der Waals surface area contributed by atoms with E-state index in [0.717, 1.165) is 6.61 Å². The number of aliphatic hydroxyl groups excluding tert-OH is 1. The summed E-state index contributed by atoms with van der Waals surface area (Å²) in [4.78, 5) is 21.9. The van der Waals surface area contributed by atoms with Gasteiger partial charge < -0.3 is 9.84 Å². The normalized spacial score (nSPS) is 20.7. The van der Waals surface area contributed by atoms with E-state index in [2.05, 4.69) is 10.1 Å². The number of amides is 2. The maximum absolute atomic E-state index is 10.9. The highest BCUT2D eigenvalue weighted by Gasteiger charge is 2.25. The lowest BCUT2D eigenvalue weighted by molar-refractivity contribution is 0.0879. The summed E-state index contributed by atoms with van der Waals surface area (Å²) in [7, 11) is 0. The number of epoxide rings is 1. The molecule has 0 radical (unpaired) electrons. The molecule has 2 aliphatic heterocycles. The van der Waals surface area contributed by atoms with Gasteiger partial charge in [0.1, 0.15) is 6.10 Å².